The molecule has 0 aliphatic rings. The minimum absolute atomic E-state index is 0. The van der Waals surface area contributed by atoms with Gasteiger partial charge in [0, 0.05) is 0 Å². The van der Waals surface area contributed by atoms with E-state index < -0.39 is 21.0 Å². The summed E-state index contributed by atoms with van der Waals surface area (Å²) < 4.78 is 32.9. The zero-order valence-electron chi connectivity index (χ0n) is 17.0. The second kappa shape index (κ2) is 10.1. The number of aryl methyl sites for hydroxylation is 2. The smallest absolute Gasteiger partial charge is 0.744 e. The first-order valence-corrected chi connectivity index (χ1v) is 10.1. The molecule has 0 unspecified atom stereocenters. The van der Waals surface area contributed by atoms with E-state index in [1.807, 2.05) is 32.0 Å². The molecule has 3 rings (SSSR count). The third kappa shape index (κ3) is 6.18. The summed E-state index contributed by atoms with van der Waals surface area (Å²) in [6, 6.07) is 13.0. The Morgan fingerprint density at radius 1 is 0.871 bits per heavy atom. The second-order valence-corrected chi connectivity index (χ2v) is 7.88. The van der Waals surface area contributed by atoms with Gasteiger partial charge in [-0.2, -0.15) is 10.2 Å². The van der Waals surface area contributed by atoms with Crippen LogP contribution in [0.3, 0.4) is 0 Å². The maximum atomic E-state index is 12.6. The van der Waals surface area contributed by atoms with E-state index in [-0.39, 0.29) is 45.2 Å². The Hall–Kier alpha value is -2.63. The van der Waals surface area contributed by atoms with Crippen molar-refractivity contribution in [2.75, 3.05) is 10.9 Å². The van der Waals surface area contributed by atoms with E-state index in [9.17, 15) is 22.6 Å². The van der Waals surface area contributed by atoms with Crippen LogP contribution in [-0.4, -0.2) is 13.0 Å². The summed E-state index contributed by atoms with van der Waals surface area (Å²) in [4.78, 5) is 24.3. The Labute approximate surface area is 199 Å². The fourth-order valence-corrected chi connectivity index (χ4v) is 3.00. The van der Waals surface area contributed by atoms with E-state index in [0.29, 0.717) is 11.4 Å². The van der Waals surface area contributed by atoms with Gasteiger partial charge in [-0.25, -0.2) is 8.42 Å². The number of hydrogen-bond donors (Lipinski definition) is 2. The van der Waals surface area contributed by atoms with Crippen LogP contribution in [0.1, 0.15) is 11.1 Å². The minimum Gasteiger partial charge on any atom is -0.744 e. The van der Waals surface area contributed by atoms with Gasteiger partial charge in [0.1, 0.15) is 15.5 Å². The molecule has 3 aromatic rings. The maximum Gasteiger partial charge on any atom is 1.00 e. The average molecular weight is 448 g/mol. The number of nitrogens with zero attached hydrogens (tertiary/aromatic N) is 2. The molecule has 9 nitrogen and oxygen atoms in total. The van der Waals surface area contributed by atoms with Crippen LogP contribution in [0.25, 0.3) is 0 Å². The van der Waals surface area contributed by atoms with Gasteiger partial charge in [0.05, 0.1) is 16.3 Å². The Balaban J connectivity index is 0.00000341. The molecule has 0 amide bonds. The van der Waals surface area contributed by atoms with Crippen LogP contribution >= 0.6 is 0 Å². The van der Waals surface area contributed by atoms with Crippen molar-refractivity contribution in [1.29, 1.82) is 0 Å². The normalized spacial score (nSPS) is 12.4. The number of rotatable bonds is 5. The van der Waals surface area contributed by atoms with Crippen molar-refractivity contribution in [1.82, 2.24) is 0 Å². The van der Waals surface area contributed by atoms with Crippen LogP contribution in [0.4, 0.5) is 11.4 Å². The summed E-state index contributed by atoms with van der Waals surface area (Å²) in [5.41, 5.74) is 7.01. The van der Waals surface area contributed by atoms with Crippen molar-refractivity contribution in [2.45, 2.75) is 18.7 Å². The fourth-order valence-electron chi connectivity index (χ4n) is 2.53. The molecule has 0 aromatic heterocycles. The molecule has 0 spiro atoms. The van der Waals surface area contributed by atoms with E-state index >= 15 is 0 Å². The van der Waals surface area contributed by atoms with Gasteiger partial charge in [0.15, 0.2) is 5.36 Å². The van der Waals surface area contributed by atoms with Gasteiger partial charge >= 0.3 is 29.6 Å². The van der Waals surface area contributed by atoms with Crippen molar-refractivity contribution in [3.8, 4) is 0 Å². The van der Waals surface area contributed by atoms with Crippen molar-refractivity contribution >= 4 is 21.5 Å². The van der Waals surface area contributed by atoms with E-state index in [0.717, 1.165) is 23.3 Å². The largest absolute Gasteiger partial charge is 1.00 e. The molecule has 0 saturated carbocycles. The van der Waals surface area contributed by atoms with Crippen LogP contribution in [-0.2, 0) is 10.1 Å². The molecule has 0 saturated heterocycles. The Kier molecular flexibility index (Phi) is 8.04. The van der Waals surface area contributed by atoms with E-state index in [2.05, 4.69) is 21.1 Å². The van der Waals surface area contributed by atoms with Crippen molar-refractivity contribution in [3.05, 3.63) is 96.9 Å². The van der Waals surface area contributed by atoms with Gasteiger partial charge in [-0.3, -0.25) is 20.4 Å². The monoisotopic (exact) mass is 448 g/mol. The van der Waals surface area contributed by atoms with E-state index in [1.54, 1.807) is 0 Å². The molecule has 0 radical (unpaired) electrons. The fraction of sp³-hybridized carbons (Fsp3) is 0.100. The van der Waals surface area contributed by atoms with Crippen LogP contribution in [0, 0.1) is 13.8 Å². The molecule has 0 atom stereocenters. The number of anilines is 2. The molecule has 0 aliphatic carbocycles. The molecule has 2 N–H and O–H groups in total. The van der Waals surface area contributed by atoms with Crippen LogP contribution in [0.2, 0.25) is 0 Å². The molecule has 11 heteroatoms. The SMILES string of the molecule is Cc1ccc(C)c(N/N=c2/c(=O)cc/c(=N\Nc3ccc(S(=O)(=O)[O-])cc3)c2=O)c1.[Na+]. The van der Waals surface area contributed by atoms with Crippen molar-refractivity contribution in [3.63, 3.8) is 0 Å². The predicted octanol–water partition coefficient (Wildman–Crippen LogP) is -2.34. The average Bonchev–Trinajstić information content (AvgIpc) is 2.69. The van der Waals surface area contributed by atoms with Crippen LogP contribution < -0.4 is 62.0 Å². The molecule has 0 heterocycles. The summed E-state index contributed by atoms with van der Waals surface area (Å²) in [7, 11) is -4.55. The minimum atomic E-state index is -4.55. The summed E-state index contributed by atoms with van der Waals surface area (Å²) in [5.74, 6) is 0. The summed E-state index contributed by atoms with van der Waals surface area (Å²) in [6.45, 7) is 3.78. The zero-order chi connectivity index (χ0) is 21.9. The van der Waals surface area contributed by atoms with E-state index in [4.69, 9.17) is 0 Å². The first-order valence-electron chi connectivity index (χ1n) is 8.73. The quantitative estimate of drug-likeness (QED) is 0.253. The Morgan fingerprint density at radius 2 is 1.55 bits per heavy atom. The number of nitrogens with one attached hydrogen (secondary N) is 2. The third-order valence-electron chi connectivity index (χ3n) is 4.20. The van der Waals surface area contributed by atoms with Crippen molar-refractivity contribution in [2.24, 2.45) is 10.2 Å². The maximum absolute atomic E-state index is 12.6. The van der Waals surface area contributed by atoms with Gasteiger partial charge in [0.25, 0.3) is 0 Å². The standard InChI is InChI=1S/C20H18N4O5S.Na/c1-12-3-4-13(2)17(11-12)23-24-19-18(25)10-9-16(20(19)26)22-21-14-5-7-15(8-6-14)30(27,28)29;/h3-11,21,23H,1-2H3,(H,27,28,29);/q;+1/p-1/b22-16+,24-19-;. The molecular weight excluding hydrogens is 431 g/mol. The molecule has 0 fully saturated rings. The Morgan fingerprint density at radius 3 is 2.19 bits per heavy atom. The zero-order valence-corrected chi connectivity index (χ0v) is 19.9. The molecule has 154 valence electrons. The second-order valence-electron chi connectivity index (χ2n) is 6.50. The van der Waals surface area contributed by atoms with E-state index in [1.165, 1.54) is 24.3 Å². The molecule has 3 aromatic carbocycles. The van der Waals surface area contributed by atoms with Gasteiger partial charge in [-0.05, 0) is 67.4 Å². The van der Waals surface area contributed by atoms with Gasteiger partial charge in [0.2, 0.25) is 10.9 Å². The topological polar surface area (TPSA) is 140 Å². The molecule has 0 bridgehead atoms. The van der Waals surface area contributed by atoms with Crippen molar-refractivity contribution < 1.29 is 42.5 Å². The summed E-state index contributed by atoms with van der Waals surface area (Å²) >= 11 is 0. The first kappa shape index (κ1) is 24.6. The first-order chi connectivity index (χ1) is 14.1. The third-order valence-corrected chi connectivity index (χ3v) is 5.05. The molecule has 31 heavy (non-hydrogen) atoms. The van der Waals surface area contributed by atoms with Crippen LogP contribution in [0.15, 0.2) is 79.3 Å². The molecule has 0 aliphatic heterocycles. The number of hydrogen-bond acceptors (Lipinski definition) is 9. The van der Waals surface area contributed by atoms with Gasteiger partial charge in [-0.1, -0.05) is 12.1 Å². The predicted molar refractivity (Wildman–Crippen MR) is 110 cm³/mol. The van der Waals surface area contributed by atoms with Gasteiger partial charge in [-0.15, -0.1) is 0 Å². The Bertz CT molecular complexity index is 1430. The number of benzene rings is 3. The summed E-state index contributed by atoms with van der Waals surface area (Å²) in [6.07, 6.45) is 0. The van der Waals surface area contributed by atoms with Crippen LogP contribution in [0.5, 0.6) is 0 Å². The molecular formula is C20H17N4NaO5S. The van der Waals surface area contributed by atoms with Gasteiger partial charge < -0.3 is 4.55 Å². The summed E-state index contributed by atoms with van der Waals surface area (Å²) in [5, 5.41) is 7.54.